The maximum Gasteiger partial charge on any atom is 0.586 e. The van der Waals surface area contributed by atoms with Gasteiger partial charge in [0.05, 0.1) is 0 Å². The summed E-state index contributed by atoms with van der Waals surface area (Å²) in [5, 5.41) is 2.63. The van der Waals surface area contributed by atoms with E-state index in [1.165, 1.54) is 18.2 Å². The van der Waals surface area contributed by atoms with Crippen molar-refractivity contribution in [3.8, 4) is 11.5 Å². The average molecular weight is 286 g/mol. The molecule has 1 aromatic carbocycles. The Labute approximate surface area is 115 Å². The van der Waals surface area contributed by atoms with Crippen LogP contribution in [0.4, 0.5) is 14.5 Å². The Morgan fingerprint density at radius 3 is 2.70 bits per heavy atom. The van der Waals surface area contributed by atoms with Gasteiger partial charge in [0, 0.05) is 18.2 Å². The van der Waals surface area contributed by atoms with E-state index in [0.717, 1.165) is 19.3 Å². The zero-order valence-electron chi connectivity index (χ0n) is 10.8. The number of fused-ring (bicyclic) bond motifs is 1. The lowest BCUT2D eigenvalue weighted by molar-refractivity contribution is -0.286. The summed E-state index contributed by atoms with van der Waals surface area (Å²) in [5.41, 5.74) is 5.75. The van der Waals surface area contributed by atoms with Gasteiger partial charge in [-0.2, -0.15) is 0 Å². The van der Waals surface area contributed by atoms with E-state index in [4.69, 9.17) is 5.73 Å². The second kappa shape index (κ2) is 6.04. The van der Waals surface area contributed by atoms with Crippen LogP contribution in [-0.4, -0.2) is 18.7 Å². The Balaban J connectivity index is 1.87. The highest BCUT2D eigenvalue weighted by Gasteiger charge is 2.43. The van der Waals surface area contributed by atoms with Crippen molar-refractivity contribution < 1.29 is 23.0 Å². The third-order valence-electron chi connectivity index (χ3n) is 2.79. The normalized spacial score (nSPS) is 15.2. The second-order valence-corrected chi connectivity index (χ2v) is 4.48. The highest BCUT2D eigenvalue weighted by atomic mass is 19.3. The first-order valence-corrected chi connectivity index (χ1v) is 6.40. The molecule has 0 spiro atoms. The molecule has 0 saturated heterocycles. The van der Waals surface area contributed by atoms with Crippen molar-refractivity contribution in [3.63, 3.8) is 0 Å². The van der Waals surface area contributed by atoms with Crippen LogP contribution in [0.5, 0.6) is 11.5 Å². The van der Waals surface area contributed by atoms with Gasteiger partial charge in [-0.1, -0.05) is 6.42 Å². The van der Waals surface area contributed by atoms with Crippen LogP contribution < -0.4 is 20.5 Å². The van der Waals surface area contributed by atoms with E-state index < -0.39 is 6.29 Å². The smallest absolute Gasteiger partial charge is 0.395 e. The van der Waals surface area contributed by atoms with Crippen molar-refractivity contribution in [2.24, 2.45) is 5.73 Å². The average Bonchev–Trinajstić information content (AvgIpc) is 2.68. The van der Waals surface area contributed by atoms with Gasteiger partial charge in [-0.25, -0.2) is 0 Å². The largest absolute Gasteiger partial charge is 0.586 e. The maximum atomic E-state index is 12.8. The van der Waals surface area contributed by atoms with Crippen LogP contribution in [0.25, 0.3) is 0 Å². The monoisotopic (exact) mass is 286 g/mol. The van der Waals surface area contributed by atoms with Crippen molar-refractivity contribution in [1.82, 2.24) is 0 Å². The van der Waals surface area contributed by atoms with E-state index in [1.807, 2.05) is 0 Å². The number of alkyl halides is 2. The van der Waals surface area contributed by atoms with Gasteiger partial charge in [-0.3, -0.25) is 4.79 Å². The SMILES string of the molecule is NCCCCCC(=O)Nc1ccc2c(c1)OC(F)(F)O2. The van der Waals surface area contributed by atoms with Crippen molar-refractivity contribution in [3.05, 3.63) is 18.2 Å². The fourth-order valence-electron chi connectivity index (χ4n) is 1.86. The Kier molecular flexibility index (Phi) is 4.39. The van der Waals surface area contributed by atoms with E-state index in [0.29, 0.717) is 18.7 Å². The van der Waals surface area contributed by atoms with E-state index in [2.05, 4.69) is 14.8 Å². The molecule has 0 atom stereocenters. The van der Waals surface area contributed by atoms with E-state index in [9.17, 15) is 13.6 Å². The highest BCUT2D eigenvalue weighted by molar-refractivity contribution is 5.91. The van der Waals surface area contributed by atoms with Gasteiger partial charge in [0.25, 0.3) is 0 Å². The van der Waals surface area contributed by atoms with E-state index in [-0.39, 0.29) is 17.4 Å². The minimum Gasteiger partial charge on any atom is -0.395 e. The van der Waals surface area contributed by atoms with Gasteiger partial charge in [-0.15, -0.1) is 8.78 Å². The molecule has 1 heterocycles. The molecule has 0 aromatic heterocycles. The van der Waals surface area contributed by atoms with Gasteiger partial charge in [-0.05, 0) is 31.5 Å². The molecule has 0 bridgehead atoms. The number of anilines is 1. The van der Waals surface area contributed by atoms with Crippen LogP contribution in [0.3, 0.4) is 0 Å². The van der Waals surface area contributed by atoms with Crippen molar-refractivity contribution in [1.29, 1.82) is 0 Å². The molecule has 7 heteroatoms. The van der Waals surface area contributed by atoms with Crippen molar-refractivity contribution in [2.75, 3.05) is 11.9 Å². The number of hydrogen-bond acceptors (Lipinski definition) is 4. The number of rotatable bonds is 6. The third kappa shape index (κ3) is 3.80. The summed E-state index contributed by atoms with van der Waals surface area (Å²) in [6.45, 7) is 0.609. The molecule has 0 radical (unpaired) electrons. The molecule has 110 valence electrons. The van der Waals surface area contributed by atoms with E-state index in [1.54, 1.807) is 0 Å². The van der Waals surface area contributed by atoms with Crippen molar-refractivity contribution >= 4 is 11.6 Å². The van der Waals surface area contributed by atoms with Gasteiger partial charge in [0.1, 0.15) is 0 Å². The minimum absolute atomic E-state index is 0.0454. The van der Waals surface area contributed by atoms with Gasteiger partial charge < -0.3 is 20.5 Å². The van der Waals surface area contributed by atoms with Crippen LogP contribution in [0, 0.1) is 0 Å². The summed E-state index contributed by atoms with van der Waals surface area (Å²) < 4.78 is 34.2. The number of amides is 1. The molecule has 2 rings (SSSR count). The third-order valence-corrected chi connectivity index (χ3v) is 2.79. The molecule has 3 N–H and O–H groups in total. The topological polar surface area (TPSA) is 73.6 Å². The van der Waals surface area contributed by atoms with Crippen LogP contribution >= 0.6 is 0 Å². The highest BCUT2D eigenvalue weighted by Crippen LogP contribution is 2.42. The number of benzene rings is 1. The summed E-state index contributed by atoms with van der Waals surface area (Å²) in [7, 11) is 0. The molecular formula is C13H16F2N2O3. The Hall–Kier alpha value is -1.89. The Morgan fingerprint density at radius 1 is 1.20 bits per heavy atom. The molecule has 0 aliphatic carbocycles. The molecule has 0 fully saturated rings. The fourth-order valence-corrected chi connectivity index (χ4v) is 1.86. The molecular weight excluding hydrogens is 270 g/mol. The Bertz CT molecular complexity index is 495. The zero-order valence-corrected chi connectivity index (χ0v) is 10.8. The first-order chi connectivity index (χ1) is 9.50. The predicted octanol–water partition coefficient (Wildman–Crippen LogP) is 2.47. The van der Waals surface area contributed by atoms with Crippen LogP contribution in [0.2, 0.25) is 0 Å². The number of nitrogens with two attached hydrogens (primary N) is 1. The lowest BCUT2D eigenvalue weighted by Crippen LogP contribution is -2.25. The molecule has 0 saturated carbocycles. The van der Waals surface area contributed by atoms with Gasteiger partial charge >= 0.3 is 6.29 Å². The Morgan fingerprint density at radius 2 is 1.95 bits per heavy atom. The molecule has 20 heavy (non-hydrogen) atoms. The number of nitrogens with one attached hydrogen (secondary N) is 1. The number of hydrogen-bond donors (Lipinski definition) is 2. The molecule has 5 nitrogen and oxygen atoms in total. The number of ether oxygens (including phenoxy) is 2. The summed E-state index contributed by atoms with van der Waals surface area (Å²) in [6, 6.07) is 4.13. The summed E-state index contributed by atoms with van der Waals surface area (Å²) in [5.74, 6) is -0.306. The predicted molar refractivity (Wildman–Crippen MR) is 68.8 cm³/mol. The number of carbonyl (C=O) groups excluding carboxylic acids is 1. The summed E-state index contributed by atoms with van der Waals surface area (Å²) in [4.78, 5) is 11.6. The quantitative estimate of drug-likeness (QED) is 0.788. The summed E-state index contributed by atoms with van der Waals surface area (Å²) in [6.07, 6.45) is -0.771. The number of unbranched alkanes of at least 4 members (excludes halogenated alkanes) is 2. The zero-order chi connectivity index (χ0) is 14.6. The number of halogens is 2. The second-order valence-electron chi connectivity index (χ2n) is 4.48. The summed E-state index contributed by atoms with van der Waals surface area (Å²) >= 11 is 0. The molecule has 0 unspecified atom stereocenters. The standard InChI is InChI=1S/C13H16F2N2O3/c14-13(15)19-10-6-5-9(8-11(10)20-13)17-12(18)4-2-1-3-7-16/h5-6,8H,1-4,7,16H2,(H,17,18). The van der Waals surface area contributed by atoms with Crippen LogP contribution in [-0.2, 0) is 4.79 Å². The van der Waals surface area contributed by atoms with Crippen molar-refractivity contribution in [2.45, 2.75) is 32.0 Å². The van der Waals surface area contributed by atoms with Gasteiger partial charge in [0.15, 0.2) is 11.5 Å². The van der Waals surface area contributed by atoms with Crippen LogP contribution in [0.15, 0.2) is 18.2 Å². The lowest BCUT2D eigenvalue weighted by Gasteiger charge is -2.06. The maximum absolute atomic E-state index is 12.8. The molecule has 1 aliphatic rings. The van der Waals surface area contributed by atoms with Crippen LogP contribution in [0.1, 0.15) is 25.7 Å². The van der Waals surface area contributed by atoms with E-state index >= 15 is 0 Å². The molecule has 1 amide bonds. The minimum atomic E-state index is -3.65. The first kappa shape index (κ1) is 14.5. The van der Waals surface area contributed by atoms with Gasteiger partial charge in [0.2, 0.25) is 5.91 Å². The molecule has 1 aliphatic heterocycles. The fraction of sp³-hybridized carbons (Fsp3) is 0.462. The first-order valence-electron chi connectivity index (χ1n) is 6.40. The molecule has 1 aromatic rings. The lowest BCUT2D eigenvalue weighted by atomic mass is 10.2. The number of carbonyl (C=O) groups is 1.